The fraction of sp³-hybridized carbons (Fsp3) is 0.562. The second-order valence-corrected chi connectivity index (χ2v) is 5.83. The normalized spacial score (nSPS) is 18.7. The first-order valence-corrected chi connectivity index (χ1v) is 8.02. The number of hydrogen-bond acceptors (Lipinski definition) is 6. The average molecular weight is 336 g/mol. The summed E-state index contributed by atoms with van der Waals surface area (Å²) < 4.78 is 0. The molecule has 1 fully saturated rings. The molecule has 2 aliphatic rings. The molecule has 0 spiro atoms. The number of rotatable bonds is 8. The lowest BCUT2D eigenvalue weighted by Crippen LogP contribution is -2.34. The predicted octanol–water partition coefficient (Wildman–Crippen LogP) is 0.715. The quantitative estimate of drug-likeness (QED) is 0.605. The highest BCUT2D eigenvalue weighted by Gasteiger charge is 2.32. The third-order valence-corrected chi connectivity index (χ3v) is 4.11. The SMILES string of the molecule is CCC(CCCC(=O)ON1C(=O)CCC1=O)CN1C(=O)C=CC1=O. The molecule has 8 nitrogen and oxygen atoms in total. The molecule has 4 amide bonds. The number of amides is 4. The monoisotopic (exact) mass is 336 g/mol. The molecule has 0 radical (unpaired) electrons. The Morgan fingerprint density at radius 1 is 1.12 bits per heavy atom. The van der Waals surface area contributed by atoms with Crippen LogP contribution in [-0.2, 0) is 28.8 Å². The lowest BCUT2D eigenvalue weighted by molar-refractivity contribution is -0.197. The van der Waals surface area contributed by atoms with E-state index in [1.54, 1.807) is 0 Å². The first-order chi connectivity index (χ1) is 11.4. The van der Waals surface area contributed by atoms with Crippen LogP contribution in [0.25, 0.3) is 0 Å². The molecule has 1 saturated heterocycles. The molecule has 0 aromatic heterocycles. The molecule has 0 aromatic carbocycles. The summed E-state index contributed by atoms with van der Waals surface area (Å²) in [4.78, 5) is 63.5. The van der Waals surface area contributed by atoms with E-state index in [2.05, 4.69) is 0 Å². The van der Waals surface area contributed by atoms with E-state index in [4.69, 9.17) is 4.84 Å². The highest BCUT2D eigenvalue weighted by atomic mass is 16.7. The summed E-state index contributed by atoms with van der Waals surface area (Å²) in [6.07, 6.45) is 4.56. The van der Waals surface area contributed by atoms with Gasteiger partial charge in [-0.05, 0) is 18.8 Å². The summed E-state index contributed by atoms with van der Waals surface area (Å²) in [5.74, 6) is -2.19. The summed E-state index contributed by atoms with van der Waals surface area (Å²) in [5, 5.41) is 0.535. The Labute approximate surface area is 139 Å². The van der Waals surface area contributed by atoms with Gasteiger partial charge in [0.05, 0.1) is 0 Å². The maximum Gasteiger partial charge on any atom is 0.333 e. The fourth-order valence-electron chi connectivity index (χ4n) is 2.63. The van der Waals surface area contributed by atoms with Crippen LogP contribution in [0.1, 0.15) is 45.4 Å². The molecule has 2 rings (SSSR count). The average Bonchev–Trinajstić information content (AvgIpc) is 3.03. The van der Waals surface area contributed by atoms with Gasteiger partial charge in [-0.2, -0.15) is 0 Å². The van der Waals surface area contributed by atoms with E-state index in [0.29, 0.717) is 24.4 Å². The topological polar surface area (TPSA) is 101 Å². The van der Waals surface area contributed by atoms with Gasteiger partial charge in [0.25, 0.3) is 23.6 Å². The lowest BCUT2D eigenvalue weighted by atomic mass is 9.98. The molecule has 0 aliphatic carbocycles. The summed E-state index contributed by atoms with van der Waals surface area (Å²) >= 11 is 0. The summed E-state index contributed by atoms with van der Waals surface area (Å²) in [6, 6.07) is 0. The number of nitrogens with zero attached hydrogens (tertiary/aromatic N) is 2. The van der Waals surface area contributed by atoms with Gasteiger partial charge >= 0.3 is 5.97 Å². The van der Waals surface area contributed by atoms with Crippen LogP contribution < -0.4 is 0 Å². The number of carbonyl (C=O) groups excluding carboxylic acids is 5. The van der Waals surface area contributed by atoms with Gasteiger partial charge in [-0.3, -0.25) is 24.1 Å². The van der Waals surface area contributed by atoms with Crippen molar-refractivity contribution < 1.29 is 28.8 Å². The van der Waals surface area contributed by atoms with Crippen LogP contribution in [0, 0.1) is 5.92 Å². The lowest BCUT2D eigenvalue weighted by Gasteiger charge is -2.21. The zero-order chi connectivity index (χ0) is 17.7. The van der Waals surface area contributed by atoms with Crippen LogP contribution >= 0.6 is 0 Å². The summed E-state index contributed by atoms with van der Waals surface area (Å²) in [7, 11) is 0. The molecule has 24 heavy (non-hydrogen) atoms. The van der Waals surface area contributed by atoms with Crippen molar-refractivity contribution in [3.05, 3.63) is 12.2 Å². The molecule has 0 aromatic rings. The van der Waals surface area contributed by atoms with Crippen LogP contribution in [-0.4, -0.2) is 46.1 Å². The Hall–Kier alpha value is -2.51. The Morgan fingerprint density at radius 3 is 2.25 bits per heavy atom. The minimum Gasteiger partial charge on any atom is -0.330 e. The number of imide groups is 2. The Bertz CT molecular complexity index is 563. The van der Waals surface area contributed by atoms with E-state index in [1.165, 1.54) is 17.1 Å². The Morgan fingerprint density at radius 2 is 1.71 bits per heavy atom. The second kappa shape index (κ2) is 7.85. The van der Waals surface area contributed by atoms with Crippen molar-refractivity contribution in [1.29, 1.82) is 0 Å². The van der Waals surface area contributed by atoms with E-state index in [-0.39, 0.29) is 37.0 Å². The van der Waals surface area contributed by atoms with Crippen molar-refractivity contribution in [2.75, 3.05) is 6.54 Å². The van der Waals surface area contributed by atoms with Crippen LogP contribution in [0.4, 0.5) is 0 Å². The first-order valence-electron chi connectivity index (χ1n) is 8.02. The van der Waals surface area contributed by atoms with E-state index < -0.39 is 17.8 Å². The zero-order valence-corrected chi connectivity index (χ0v) is 13.5. The molecule has 0 saturated carbocycles. The maximum atomic E-state index is 11.7. The molecule has 2 aliphatic heterocycles. The van der Waals surface area contributed by atoms with E-state index >= 15 is 0 Å². The van der Waals surface area contributed by atoms with Crippen molar-refractivity contribution in [2.24, 2.45) is 5.92 Å². The molecular formula is C16H20N2O6. The summed E-state index contributed by atoms with van der Waals surface area (Å²) in [6.45, 7) is 2.27. The molecular weight excluding hydrogens is 316 g/mol. The van der Waals surface area contributed by atoms with Crippen LogP contribution in [0.15, 0.2) is 12.2 Å². The highest BCUT2D eigenvalue weighted by Crippen LogP contribution is 2.18. The Kier molecular flexibility index (Phi) is 5.83. The van der Waals surface area contributed by atoms with Crippen molar-refractivity contribution in [2.45, 2.75) is 45.4 Å². The molecule has 0 bridgehead atoms. The molecule has 0 N–H and O–H groups in total. The second-order valence-electron chi connectivity index (χ2n) is 5.83. The highest BCUT2D eigenvalue weighted by molar-refractivity contribution is 6.12. The standard InChI is InChI=1S/C16H20N2O6/c1-2-11(10-17-12(19)6-7-13(17)20)4-3-5-16(23)24-18-14(21)8-9-15(18)22/h6-7,11H,2-5,8-10H2,1H3. The van der Waals surface area contributed by atoms with E-state index in [1.807, 2.05) is 6.92 Å². The molecule has 1 atom stereocenters. The fourth-order valence-corrected chi connectivity index (χ4v) is 2.63. The molecule has 1 unspecified atom stereocenters. The first kappa shape index (κ1) is 17.8. The minimum atomic E-state index is -0.636. The predicted molar refractivity (Wildman–Crippen MR) is 80.7 cm³/mol. The number of hydrogen-bond donors (Lipinski definition) is 0. The van der Waals surface area contributed by atoms with Crippen molar-refractivity contribution in [1.82, 2.24) is 9.96 Å². The zero-order valence-electron chi connectivity index (χ0n) is 13.5. The van der Waals surface area contributed by atoms with Gasteiger partial charge in [-0.15, -0.1) is 5.06 Å². The molecule has 8 heteroatoms. The van der Waals surface area contributed by atoms with E-state index in [9.17, 15) is 24.0 Å². The molecule has 2 heterocycles. The van der Waals surface area contributed by atoms with Crippen LogP contribution in [0.3, 0.4) is 0 Å². The third kappa shape index (κ3) is 4.27. The maximum absolute atomic E-state index is 11.7. The van der Waals surface area contributed by atoms with Crippen LogP contribution in [0.5, 0.6) is 0 Å². The Balaban J connectivity index is 1.72. The van der Waals surface area contributed by atoms with E-state index in [0.717, 1.165) is 6.42 Å². The van der Waals surface area contributed by atoms with Gasteiger partial charge in [-0.1, -0.05) is 13.3 Å². The van der Waals surface area contributed by atoms with Crippen molar-refractivity contribution >= 4 is 29.6 Å². The minimum absolute atomic E-state index is 0.0632. The van der Waals surface area contributed by atoms with Gasteiger partial charge in [0.2, 0.25) is 0 Å². The van der Waals surface area contributed by atoms with Crippen molar-refractivity contribution in [3.8, 4) is 0 Å². The van der Waals surface area contributed by atoms with Gasteiger partial charge in [0.15, 0.2) is 0 Å². The largest absolute Gasteiger partial charge is 0.333 e. The molecule has 130 valence electrons. The smallest absolute Gasteiger partial charge is 0.330 e. The van der Waals surface area contributed by atoms with Gasteiger partial charge in [-0.25, -0.2) is 4.79 Å². The van der Waals surface area contributed by atoms with Crippen LogP contribution in [0.2, 0.25) is 0 Å². The van der Waals surface area contributed by atoms with Gasteiger partial charge < -0.3 is 4.84 Å². The summed E-state index contributed by atoms with van der Waals surface area (Å²) in [5.41, 5.74) is 0. The van der Waals surface area contributed by atoms with Gasteiger partial charge in [0.1, 0.15) is 0 Å². The van der Waals surface area contributed by atoms with Gasteiger partial charge in [0, 0.05) is 38.0 Å². The number of carbonyl (C=O) groups is 5. The number of hydroxylamine groups is 2. The van der Waals surface area contributed by atoms with Crippen molar-refractivity contribution in [3.63, 3.8) is 0 Å². The third-order valence-electron chi connectivity index (χ3n) is 4.11.